The molecule has 2 N–H and O–H groups in total. The Hall–Kier alpha value is -2.80. The summed E-state index contributed by atoms with van der Waals surface area (Å²) in [4.78, 5) is 27.0. The Labute approximate surface area is 189 Å². The highest BCUT2D eigenvalue weighted by Gasteiger charge is 2.32. The molecule has 1 amide bonds. The Kier molecular flexibility index (Phi) is 5.67. The van der Waals surface area contributed by atoms with Gasteiger partial charge in [-0.15, -0.1) is 0 Å². The summed E-state index contributed by atoms with van der Waals surface area (Å²) < 4.78 is 0. The molecule has 1 saturated heterocycles. The Bertz CT molecular complexity index is 1060. The van der Waals surface area contributed by atoms with Crippen molar-refractivity contribution < 1.29 is 4.79 Å². The van der Waals surface area contributed by atoms with Crippen molar-refractivity contribution in [1.82, 2.24) is 25.3 Å². The second-order valence-electron chi connectivity index (χ2n) is 9.53. The maximum absolute atomic E-state index is 12.6. The molecule has 2 aliphatic heterocycles. The molecule has 3 aliphatic rings. The van der Waals surface area contributed by atoms with Gasteiger partial charge in [0, 0.05) is 41.4 Å². The van der Waals surface area contributed by atoms with Gasteiger partial charge in [0.05, 0.1) is 5.57 Å². The molecule has 0 spiro atoms. The lowest BCUT2D eigenvalue weighted by Crippen LogP contribution is -2.33. The number of aromatic nitrogens is 3. The first-order chi connectivity index (χ1) is 15.5. The quantitative estimate of drug-likeness (QED) is 0.653. The lowest BCUT2D eigenvalue weighted by atomic mass is 9.97. The normalized spacial score (nSPS) is 24.9. The maximum Gasteiger partial charge on any atom is 0.273 e. The van der Waals surface area contributed by atoms with E-state index in [9.17, 15) is 4.79 Å². The monoisotopic (exact) mass is 432 g/mol. The number of rotatable bonds is 7. The standard InChI is InChI=1S/C25H32N6O/c1-15-6-7-16(2)31(15)10-4-5-20-17(3)28-22(23(20)18-8-9-18)11-21-24(29-30-25(21)32)19-12-26-14-27-13-19/h11-16,18,28H,4-10H2,1-3H3,(H,30,32)/b21-11+. The van der Waals surface area contributed by atoms with Crippen LogP contribution in [0.1, 0.15) is 79.9 Å². The van der Waals surface area contributed by atoms with Crippen molar-refractivity contribution >= 4 is 17.7 Å². The van der Waals surface area contributed by atoms with E-state index in [1.165, 1.54) is 48.8 Å². The molecule has 0 radical (unpaired) electrons. The molecule has 0 aromatic carbocycles. The zero-order chi connectivity index (χ0) is 22.2. The molecule has 2 aromatic rings. The Morgan fingerprint density at radius 2 is 1.84 bits per heavy atom. The van der Waals surface area contributed by atoms with Crippen LogP contribution in [0.2, 0.25) is 0 Å². The van der Waals surface area contributed by atoms with E-state index in [1.54, 1.807) is 12.4 Å². The average Bonchev–Trinajstić information content (AvgIpc) is 3.40. The molecule has 4 heterocycles. The van der Waals surface area contributed by atoms with E-state index in [0.717, 1.165) is 30.6 Å². The second-order valence-corrected chi connectivity index (χ2v) is 9.53. The molecule has 168 valence electrons. The number of carbonyl (C=O) groups is 1. The summed E-state index contributed by atoms with van der Waals surface area (Å²) in [6.45, 7) is 8.03. The number of nitrogens with one attached hydrogen (secondary N) is 2. The fraction of sp³-hybridized carbons (Fsp3) is 0.520. The zero-order valence-corrected chi connectivity index (χ0v) is 19.2. The second kappa shape index (κ2) is 8.62. The first kappa shape index (κ1) is 21.1. The molecule has 2 atom stereocenters. The van der Waals surface area contributed by atoms with Crippen LogP contribution in [-0.4, -0.2) is 50.1 Å². The minimum absolute atomic E-state index is 0.184. The molecule has 1 aliphatic carbocycles. The minimum Gasteiger partial charge on any atom is -0.359 e. The number of hydrogen-bond acceptors (Lipinski definition) is 5. The van der Waals surface area contributed by atoms with Gasteiger partial charge in [0.15, 0.2) is 0 Å². The largest absolute Gasteiger partial charge is 0.359 e. The van der Waals surface area contributed by atoms with Crippen molar-refractivity contribution in [2.24, 2.45) is 5.10 Å². The van der Waals surface area contributed by atoms with Crippen LogP contribution in [0.15, 0.2) is 29.4 Å². The summed E-state index contributed by atoms with van der Waals surface area (Å²) in [5.41, 5.74) is 9.63. The third kappa shape index (κ3) is 4.01. The van der Waals surface area contributed by atoms with Crippen LogP contribution in [0, 0.1) is 6.92 Å². The van der Waals surface area contributed by atoms with E-state index in [1.807, 2.05) is 6.08 Å². The van der Waals surface area contributed by atoms with Crippen molar-refractivity contribution in [3.05, 3.63) is 52.4 Å². The molecule has 2 unspecified atom stereocenters. The maximum atomic E-state index is 12.6. The van der Waals surface area contributed by atoms with E-state index in [4.69, 9.17) is 0 Å². The van der Waals surface area contributed by atoms with Crippen LogP contribution in [0.4, 0.5) is 0 Å². The van der Waals surface area contributed by atoms with Crippen molar-refractivity contribution in [2.75, 3.05) is 6.54 Å². The highest BCUT2D eigenvalue weighted by atomic mass is 16.2. The molecule has 7 nitrogen and oxygen atoms in total. The first-order valence-electron chi connectivity index (χ1n) is 11.9. The molecule has 2 fully saturated rings. The SMILES string of the molecule is Cc1[nH]c(/C=C2/C(=O)NN=C2c2cncnc2)c(C2CC2)c1CCCN1C(C)CCC1C. The Morgan fingerprint density at radius 3 is 2.53 bits per heavy atom. The molecular formula is C25H32N6O. The number of likely N-dealkylation sites (tertiary alicyclic amines) is 1. The summed E-state index contributed by atoms with van der Waals surface area (Å²) in [6, 6.07) is 1.39. The van der Waals surface area contributed by atoms with E-state index in [0.29, 0.717) is 29.3 Å². The van der Waals surface area contributed by atoms with Gasteiger partial charge in [-0.3, -0.25) is 9.69 Å². The Morgan fingerprint density at radius 1 is 1.12 bits per heavy atom. The van der Waals surface area contributed by atoms with Gasteiger partial charge in [0.2, 0.25) is 0 Å². The van der Waals surface area contributed by atoms with Gasteiger partial charge in [0.25, 0.3) is 5.91 Å². The molecule has 5 rings (SSSR count). The number of hydrazone groups is 1. The van der Waals surface area contributed by atoms with Crippen LogP contribution in [0.5, 0.6) is 0 Å². The number of carbonyl (C=O) groups excluding carboxylic acids is 1. The van der Waals surface area contributed by atoms with E-state index in [-0.39, 0.29) is 5.91 Å². The lowest BCUT2D eigenvalue weighted by molar-refractivity contribution is -0.116. The summed E-state index contributed by atoms with van der Waals surface area (Å²) >= 11 is 0. The van der Waals surface area contributed by atoms with Gasteiger partial charge < -0.3 is 4.98 Å². The number of amides is 1. The van der Waals surface area contributed by atoms with Crippen LogP contribution in [0.25, 0.3) is 6.08 Å². The molecule has 2 aromatic heterocycles. The highest BCUT2D eigenvalue weighted by Crippen LogP contribution is 2.45. The fourth-order valence-corrected chi connectivity index (χ4v) is 5.37. The van der Waals surface area contributed by atoms with Crippen LogP contribution in [0.3, 0.4) is 0 Å². The first-order valence-corrected chi connectivity index (χ1v) is 11.9. The van der Waals surface area contributed by atoms with Crippen molar-refractivity contribution in [3.8, 4) is 0 Å². The van der Waals surface area contributed by atoms with E-state index in [2.05, 4.69) is 51.2 Å². The van der Waals surface area contributed by atoms with Gasteiger partial charge in [0.1, 0.15) is 12.0 Å². The topological polar surface area (TPSA) is 86.3 Å². The molecular weight excluding hydrogens is 400 g/mol. The highest BCUT2D eigenvalue weighted by molar-refractivity contribution is 6.33. The number of H-pyrrole nitrogens is 1. The van der Waals surface area contributed by atoms with Crippen LogP contribution in [-0.2, 0) is 11.2 Å². The van der Waals surface area contributed by atoms with E-state index >= 15 is 0 Å². The Balaban J connectivity index is 1.40. The number of aromatic amines is 1. The van der Waals surface area contributed by atoms with Gasteiger partial charge in [-0.25, -0.2) is 15.4 Å². The smallest absolute Gasteiger partial charge is 0.273 e. The fourth-order valence-electron chi connectivity index (χ4n) is 5.37. The molecule has 7 heteroatoms. The van der Waals surface area contributed by atoms with Crippen molar-refractivity contribution in [2.45, 2.75) is 77.3 Å². The average molecular weight is 433 g/mol. The van der Waals surface area contributed by atoms with Gasteiger partial charge >= 0.3 is 0 Å². The summed E-state index contributed by atoms with van der Waals surface area (Å²) in [6.07, 6.45) is 14.1. The summed E-state index contributed by atoms with van der Waals surface area (Å²) in [5, 5.41) is 4.24. The summed E-state index contributed by atoms with van der Waals surface area (Å²) in [5.74, 6) is 0.410. The predicted octanol–water partition coefficient (Wildman–Crippen LogP) is 3.71. The van der Waals surface area contributed by atoms with Gasteiger partial charge in [-0.1, -0.05) is 0 Å². The lowest BCUT2D eigenvalue weighted by Gasteiger charge is -2.25. The number of hydrogen-bond donors (Lipinski definition) is 2. The summed E-state index contributed by atoms with van der Waals surface area (Å²) in [7, 11) is 0. The van der Waals surface area contributed by atoms with Gasteiger partial charge in [-0.2, -0.15) is 5.10 Å². The van der Waals surface area contributed by atoms with E-state index < -0.39 is 0 Å². The predicted molar refractivity (Wildman–Crippen MR) is 125 cm³/mol. The van der Waals surface area contributed by atoms with Crippen molar-refractivity contribution in [3.63, 3.8) is 0 Å². The molecule has 0 bridgehead atoms. The molecule has 32 heavy (non-hydrogen) atoms. The third-order valence-corrected chi connectivity index (χ3v) is 7.25. The minimum atomic E-state index is -0.184. The van der Waals surface area contributed by atoms with Crippen LogP contribution >= 0.6 is 0 Å². The number of nitrogens with zero attached hydrogens (tertiary/aromatic N) is 4. The molecule has 1 saturated carbocycles. The van der Waals surface area contributed by atoms with Gasteiger partial charge in [-0.05, 0) is 89.0 Å². The third-order valence-electron chi connectivity index (χ3n) is 7.25. The van der Waals surface area contributed by atoms with Crippen LogP contribution < -0.4 is 5.43 Å². The van der Waals surface area contributed by atoms with Crippen molar-refractivity contribution in [1.29, 1.82) is 0 Å². The number of aryl methyl sites for hydroxylation is 1. The zero-order valence-electron chi connectivity index (χ0n) is 19.2.